The quantitative estimate of drug-likeness (QED) is 0.246. The Labute approximate surface area is 176 Å². The summed E-state index contributed by atoms with van der Waals surface area (Å²) >= 11 is 1.23. The number of amides is 1. The highest BCUT2D eigenvalue weighted by Crippen LogP contribution is 2.36. The topological polar surface area (TPSA) is 98.5 Å². The fourth-order valence-electron chi connectivity index (χ4n) is 2.75. The number of anilines is 1. The van der Waals surface area contributed by atoms with Crippen LogP contribution in [-0.2, 0) is 9.53 Å². The molecule has 0 bridgehead atoms. The van der Waals surface area contributed by atoms with E-state index in [2.05, 4.69) is 5.32 Å². The molecule has 152 valence electrons. The van der Waals surface area contributed by atoms with Crippen LogP contribution >= 0.6 is 11.3 Å². The van der Waals surface area contributed by atoms with Crippen LogP contribution < -0.4 is 5.32 Å². The normalized spacial score (nSPS) is 10.7. The summed E-state index contributed by atoms with van der Waals surface area (Å²) in [6.45, 7) is 1.93. The Kier molecular flexibility index (Phi) is 6.71. The minimum Gasteiger partial charge on any atom is -0.462 e. The maximum absolute atomic E-state index is 12.5. The Morgan fingerprint density at radius 1 is 1.17 bits per heavy atom. The van der Waals surface area contributed by atoms with E-state index >= 15 is 0 Å². The van der Waals surface area contributed by atoms with Crippen LogP contribution in [0.5, 0.6) is 0 Å². The minimum absolute atomic E-state index is 0.0621. The molecule has 8 heteroatoms. The zero-order valence-corrected chi connectivity index (χ0v) is 16.8. The molecule has 3 rings (SSSR count). The predicted molar refractivity (Wildman–Crippen MR) is 116 cm³/mol. The fourth-order valence-corrected chi connectivity index (χ4v) is 3.71. The number of rotatable bonds is 7. The first-order valence-electron chi connectivity index (χ1n) is 9.07. The van der Waals surface area contributed by atoms with Gasteiger partial charge in [-0.15, -0.1) is 11.3 Å². The van der Waals surface area contributed by atoms with E-state index < -0.39 is 16.8 Å². The van der Waals surface area contributed by atoms with Gasteiger partial charge in [0.2, 0.25) is 5.91 Å². The van der Waals surface area contributed by atoms with E-state index in [0.717, 1.165) is 5.56 Å². The van der Waals surface area contributed by atoms with Gasteiger partial charge in [0.05, 0.1) is 11.5 Å². The van der Waals surface area contributed by atoms with E-state index in [1.807, 2.05) is 30.3 Å². The van der Waals surface area contributed by atoms with E-state index in [1.54, 1.807) is 24.4 Å². The van der Waals surface area contributed by atoms with Crippen LogP contribution in [0.1, 0.15) is 22.8 Å². The molecule has 0 fully saturated rings. The van der Waals surface area contributed by atoms with E-state index in [1.165, 1.54) is 35.6 Å². The molecule has 0 unspecified atom stereocenters. The Morgan fingerprint density at radius 3 is 2.63 bits per heavy atom. The molecule has 0 saturated heterocycles. The summed E-state index contributed by atoms with van der Waals surface area (Å²) in [4.78, 5) is 35.3. The van der Waals surface area contributed by atoms with Crippen molar-refractivity contribution in [3.63, 3.8) is 0 Å². The van der Waals surface area contributed by atoms with Crippen LogP contribution in [0, 0.1) is 10.1 Å². The number of nitro groups is 1. The van der Waals surface area contributed by atoms with Gasteiger partial charge in [0.15, 0.2) is 0 Å². The summed E-state index contributed by atoms with van der Waals surface area (Å²) in [6.07, 6.45) is 2.73. The van der Waals surface area contributed by atoms with Gasteiger partial charge in [0.25, 0.3) is 5.69 Å². The van der Waals surface area contributed by atoms with Gasteiger partial charge in [-0.05, 0) is 24.1 Å². The molecule has 1 N–H and O–H groups in total. The third-order valence-electron chi connectivity index (χ3n) is 4.10. The lowest BCUT2D eigenvalue weighted by Gasteiger charge is -2.07. The highest BCUT2D eigenvalue weighted by Gasteiger charge is 2.22. The lowest BCUT2D eigenvalue weighted by Crippen LogP contribution is -2.12. The number of nitro benzene ring substituents is 1. The van der Waals surface area contributed by atoms with Gasteiger partial charge in [0.1, 0.15) is 10.6 Å². The molecule has 0 atom stereocenters. The Hall–Kier alpha value is -3.78. The number of thiophene rings is 1. The first-order chi connectivity index (χ1) is 14.5. The lowest BCUT2D eigenvalue weighted by molar-refractivity contribution is -0.384. The van der Waals surface area contributed by atoms with Crippen molar-refractivity contribution in [1.29, 1.82) is 0 Å². The first-order valence-corrected chi connectivity index (χ1v) is 9.95. The average molecular weight is 422 g/mol. The van der Waals surface area contributed by atoms with Gasteiger partial charge in [-0.1, -0.05) is 42.5 Å². The van der Waals surface area contributed by atoms with Gasteiger partial charge in [-0.25, -0.2) is 4.79 Å². The summed E-state index contributed by atoms with van der Waals surface area (Å²) in [7, 11) is 0. The largest absolute Gasteiger partial charge is 0.462 e. The summed E-state index contributed by atoms with van der Waals surface area (Å²) in [5, 5.41) is 15.7. The van der Waals surface area contributed by atoms with Crippen molar-refractivity contribution in [1.82, 2.24) is 0 Å². The molecule has 0 radical (unpaired) electrons. The SMILES string of the molecule is CCOC(=O)c1c(-c2ccccc2)csc1NC(=O)/C=C/c1cccc([N+](=O)[O-])c1. The van der Waals surface area contributed by atoms with E-state index in [9.17, 15) is 19.7 Å². The van der Waals surface area contributed by atoms with Crippen molar-refractivity contribution in [2.45, 2.75) is 6.92 Å². The van der Waals surface area contributed by atoms with Gasteiger partial charge < -0.3 is 10.1 Å². The molecule has 3 aromatic rings. The molecule has 0 spiro atoms. The predicted octanol–water partition coefficient (Wildman–Crippen LogP) is 5.15. The van der Waals surface area contributed by atoms with Crippen LogP contribution in [0.2, 0.25) is 0 Å². The maximum Gasteiger partial charge on any atom is 0.341 e. The highest BCUT2D eigenvalue weighted by atomic mass is 32.1. The maximum atomic E-state index is 12.5. The minimum atomic E-state index is -0.518. The molecule has 0 aliphatic carbocycles. The molecule has 1 aromatic heterocycles. The van der Waals surface area contributed by atoms with Crippen molar-refractivity contribution in [2.75, 3.05) is 11.9 Å². The molecule has 1 heterocycles. The molecule has 0 aliphatic rings. The summed E-state index contributed by atoms with van der Waals surface area (Å²) in [5.74, 6) is -0.982. The highest BCUT2D eigenvalue weighted by molar-refractivity contribution is 7.15. The lowest BCUT2D eigenvalue weighted by atomic mass is 10.0. The third-order valence-corrected chi connectivity index (χ3v) is 5.00. The van der Waals surface area contributed by atoms with Gasteiger partial charge in [-0.2, -0.15) is 0 Å². The van der Waals surface area contributed by atoms with Crippen LogP contribution in [-0.4, -0.2) is 23.4 Å². The van der Waals surface area contributed by atoms with E-state index in [0.29, 0.717) is 21.7 Å². The molecule has 30 heavy (non-hydrogen) atoms. The van der Waals surface area contributed by atoms with Crippen LogP contribution in [0.25, 0.3) is 17.2 Å². The number of carbonyl (C=O) groups is 2. The van der Waals surface area contributed by atoms with Crippen LogP contribution in [0.3, 0.4) is 0 Å². The zero-order valence-electron chi connectivity index (χ0n) is 16.0. The molecule has 0 aliphatic heterocycles. The van der Waals surface area contributed by atoms with Crippen LogP contribution in [0.4, 0.5) is 10.7 Å². The molecule has 1 amide bonds. The number of nitrogens with zero attached hydrogens (tertiary/aromatic N) is 1. The second kappa shape index (κ2) is 9.62. The third kappa shape index (κ3) is 4.98. The van der Waals surface area contributed by atoms with Crippen molar-refractivity contribution in [2.24, 2.45) is 0 Å². The molecule has 2 aromatic carbocycles. The molecule has 7 nitrogen and oxygen atoms in total. The second-order valence-electron chi connectivity index (χ2n) is 6.11. The number of ether oxygens (including phenoxy) is 1. The van der Waals surface area contributed by atoms with Crippen molar-refractivity contribution in [3.8, 4) is 11.1 Å². The second-order valence-corrected chi connectivity index (χ2v) is 6.99. The van der Waals surface area contributed by atoms with Crippen molar-refractivity contribution < 1.29 is 19.2 Å². The Bertz CT molecular complexity index is 1110. The zero-order chi connectivity index (χ0) is 21.5. The number of hydrogen-bond donors (Lipinski definition) is 1. The van der Waals surface area contributed by atoms with Gasteiger partial charge >= 0.3 is 5.97 Å². The summed E-state index contributed by atoms with van der Waals surface area (Å²) in [5.41, 5.74) is 2.26. The number of hydrogen-bond acceptors (Lipinski definition) is 6. The number of nitrogens with one attached hydrogen (secondary N) is 1. The molecule has 0 saturated carbocycles. The Balaban J connectivity index is 1.84. The van der Waals surface area contributed by atoms with Gasteiger partial charge in [-0.3, -0.25) is 14.9 Å². The summed E-state index contributed by atoms with van der Waals surface area (Å²) in [6, 6.07) is 15.3. The Morgan fingerprint density at radius 2 is 1.93 bits per heavy atom. The average Bonchev–Trinajstić information content (AvgIpc) is 3.17. The summed E-state index contributed by atoms with van der Waals surface area (Å²) < 4.78 is 5.17. The van der Waals surface area contributed by atoms with Crippen molar-refractivity contribution in [3.05, 3.63) is 87.3 Å². The first kappa shape index (κ1) is 20.9. The number of benzene rings is 2. The number of non-ortho nitro benzene ring substituents is 1. The smallest absolute Gasteiger partial charge is 0.341 e. The molecular weight excluding hydrogens is 404 g/mol. The number of esters is 1. The van der Waals surface area contributed by atoms with Gasteiger partial charge in [0, 0.05) is 29.2 Å². The molecular formula is C22H18N2O5S. The van der Waals surface area contributed by atoms with E-state index in [-0.39, 0.29) is 12.3 Å². The monoisotopic (exact) mass is 422 g/mol. The van der Waals surface area contributed by atoms with E-state index in [4.69, 9.17) is 4.74 Å². The standard InChI is InChI=1S/C22H18N2O5S/c1-2-29-22(26)20-18(16-8-4-3-5-9-16)14-30-21(20)23-19(25)12-11-15-7-6-10-17(13-15)24(27)28/h3-14H,2H2,1H3,(H,23,25)/b12-11+. The number of carbonyl (C=O) groups excluding carboxylic acids is 2. The fraction of sp³-hybridized carbons (Fsp3) is 0.0909. The van der Waals surface area contributed by atoms with Crippen LogP contribution in [0.15, 0.2) is 66.1 Å². The van der Waals surface area contributed by atoms with Crippen molar-refractivity contribution >= 4 is 40.0 Å².